The van der Waals surface area contributed by atoms with Gasteiger partial charge in [0.05, 0.1) is 0 Å². The molecule has 0 aliphatic carbocycles. The Morgan fingerprint density at radius 2 is 1.09 bits per heavy atom. The number of nitrogens with zero attached hydrogens (tertiary/aromatic N) is 2. The number of hydrogen-bond donors (Lipinski definition) is 0. The van der Waals surface area contributed by atoms with E-state index in [1.54, 1.807) is 0 Å². The third-order valence-corrected chi connectivity index (χ3v) is 6.22. The van der Waals surface area contributed by atoms with Crippen molar-refractivity contribution in [2.24, 2.45) is 0 Å². The predicted octanol–water partition coefficient (Wildman–Crippen LogP) is 5.83. The first kappa shape index (κ1) is 22.3. The summed E-state index contributed by atoms with van der Waals surface area (Å²) in [6, 6.07) is 0. The van der Waals surface area contributed by atoms with Gasteiger partial charge in [0.1, 0.15) is 4.99 Å². The Morgan fingerprint density at radius 1 is 0.636 bits per heavy atom. The molecule has 0 unspecified atom stereocenters. The van der Waals surface area contributed by atoms with E-state index < -0.39 is 0 Å². The minimum absolute atomic E-state index is 0.215. The van der Waals surface area contributed by atoms with Gasteiger partial charge in [0, 0.05) is 0 Å². The molecule has 0 saturated carbocycles. The summed E-state index contributed by atoms with van der Waals surface area (Å²) in [5.74, 6) is 1.20. The van der Waals surface area contributed by atoms with Crippen LogP contribution in [0.5, 0.6) is 0 Å². The molecule has 0 N–H and O–H groups in total. The molecule has 3 heteroatoms. The van der Waals surface area contributed by atoms with Crippen LogP contribution in [0.15, 0.2) is 0 Å². The Balaban J connectivity index is 4.86. The number of thioether (sulfide) groups is 1. The van der Waals surface area contributed by atoms with E-state index in [1.165, 1.54) is 50.7 Å². The molecule has 0 aliphatic heterocycles. The van der Waals surface area contributed by atoms with Gasteiger partial charge in [-0.25, -0.2) is 0 Å². The zero-order valence-electron chi connectivity index (χ0n) is 16.3. The van der Waals surface area contributed by atoms with Crippen LogP contribution in [0.4, 0.5) is 0 Å². The number of unbranched alkanes of at least 4 members (excludes halogenated alkanes) is 5. The van der Waals surface area contributed by atoms with Crippen LogP contribution in [0, 0.1) is 0 Å². The van der Waals surface area contributed by atoms with Crippen LogP contribution >= 0.6 is 11.8 Å². The smallest absolute Gasteiger partial charge is 0.122 e. The summed E-state index contributed by atoms with van der Waals surface area (Å²) in [6.45, 7) is 18.5. The van der Waals surface area contributed by atoms with E-state index in [0.717, 1.165) is 26.2 Å². The topological polar surface area (TPSA) is 6.48 Å². The Morgan fingerprint density at radius 3 is 1.50 bits per heavy atom. The number of rotatable bonds is 15. The molecule has 0 bridgehead atoms. The Bertz CT molecular complexity index is 226. The van der Waals surface area contributed by atoms with E-state index in [2.05, 4.69) is 63.1 Å². The van der Waals surface area contributed by atoms with Gasteiger partial charge in [-0.3, -0.25) is 9.80 Å². The van der Waals surface area contributed by atoms with Gasteiger partial charge in [0.2, 0.25) is 0 Å². The van der Waals surface area contributed by atoms with Gasteiger partial charge < -0.3 is 0 Å². The van der Waals surface area contributed by atoms with Gasteiger partial charge in [0.15, 0.2) is 0 Å². The third-order valence-electron chi connectivity index (χ3n) is 4.75. The molecule has 0 aliphatic rings. The highest BCUT2D eigenvalue weighted by Crippen LogP contribution is 2.38. The lowest BCUT2D eigenvalue weighted by Crippen LogP contribution is -2.58. The quantitative estimate of drug-likeness (QED) is 0.275. The maximum absolute atomic E-state index is 2.69. The van der Waals surface area contributed by atoms with E-state index in [4.69, 9.17) is 0 Å². The minimum atomic E-state index is 0.215. The molecule has 0 rings (SSSR count). The van der Waals surface area contributed by atoms with Gasteiger partial charge in [-0.05, 0) is 44.8 Å². The van der Waals surface area contributed by atoms with E-state index in [1.807, 2.05) is 0 Å². The average Bonchev–Trinajstić information content (AvgIpc) is 2.53. The van der Waals surface area contributed by atoms with Gasteiger partial charge >= 0.3 is 0 Å². The van der Waals surface area contributed by atoms with Crippen LogP contribution in [0.3, 0.4) is 0 Å². The minimum Gasteiger partial charge on any atom is -0.277 e. The lowest BCUT2D eigenvalue weighted by atomic mass is 10.1. The van der Waals surface area contributed by atoms with Crippen molar-refractivity contribution in [3.63, 3.8) is 0 Å². The monoisotopic (exact) mass is 330 g/mol. The first-order chi connectivity index (χ1) is 10.7. The molecule has 0 aromatic carbocycles. The Hall–Kier alpha value is 0.270. The molecule has 0 spiro atoms. The molecular weight excluding hydrogens is 288 g/mol. The molecule has 0 aromatic rings. The molecule has 0 atom stereocenters. The van der Waals surface area contributed by atoms with Crippen LogP contribution in [-0.4, -0.2) is 46.7 Å². The second kappa shape index (κ2) is 13.7. The van der Waals surface area contributed by atoms with E-state index >= 15 is 0 Å². The highest BCUT2D eigenvalue weighted by molar-refractivity contribution is 8.00. The molecule has 0 radical (unpaired) electrons. The summed E-state index contributed by atoms with van der Waals surface area (Å²) in [6.07, 6.45) is 9.65. The van der Waals surface area contributed by atoms with Crippen LogP contribution < -0.4 is 0 Å². The first-order valence-electron chi connectivity index (χ1n) is 9.80. The van der Waals surface area contributed by atoms with E-state index in [0.29, 0.717) is 0 Å². The molecule has 0 amide bonds. The van der Waals surface area contributed by atoms with Crippen molar-refractivity contribution in [3.8, 4) is 0 Å². The molecule has 0 saturated heterocycles. The van der Waals surface area contributed by atoms with Gasteiger partial charge in [0.25, 0.3) is 0 Å². The summed E-state index contributed by atoms with van der Waals surface area (Å²) < 4.78 is 0. The van der Waals surface area contributed by atoms with Crippen LogP contribution in [0.2, 0.25) is 0 Å². The summed E-state index contributed by atoms with van der Waals surface area (Å²) in [4.78, 5) is 5.60. The van der Waals surface area contributed by atoms with Crippen molar-refractivity contribution < 1.29 is 0 Å². The highest BCUT2D eigenvalue weighted by Gasteiger charge is 2.39. The first-order valence-corrected chi connectivity index (χ1v) is 10.8. The van der Waals surface area contributed by atoms with Crippen LogP contribution in [0.1, 0.15) is 86.5 Å². The van der Waals surface area contributed by atoms with Crippen LogP contribution in [-0.2, 0) is 0 Å². The van der Waals surface area contributed by atoms with Crippen molar-refractivity contribution in [2.75, 3.05) is 31.9 Å². The lowest BCUT2D eigenvalue weighted by Gasteiger charge is -2.50. The molecule has 134 valence electrons. The SMILES string of the molecule is CCCCCCCCC(SCC)(N(CC)CC)N(CC)CC. The maximum atomic E-state index is 2.69. The largest absolute Gasteiger partial charge is 0.277 e. The maximum Gasteiger partial charge on any atom is 0.122 e. The fourth-order valence-corrected chi connectivity index (χ4v) is 5.21. The highest BCUT2D eigenvalue weighted by atomic mass is 32.2. The third kappa shape index (κ3) is 6.80. The second-order valence-corrected chi connectivity index (χ2v) is 7.56. The summed E-state index contributed by atoms with van der Waals surface area (Å²) in [5.41, 5.74) is 0. The summed E-state index contributed by atoms with van der Waals surface area (Å²) in [7, 11) is 0. The van der Waals surface area contributed by atoms with Crippen molar-refractivity contribution >= 4 is 11.8 Å². The summed E-state index contributed by atoms with van der Waals surface area (Å²) >= 11 is 2.16. The van der Waals surface area contributed by atoms with E-state index in [-0.39, 0.29) is 4.99 Å². The van der Waals surface area contributed by atoms with Crippen molar-refractivity contribution in [3.05, 3.63) is 0 Å². The second-order valence-electron chi connectivity index (χ2n) is 6.04. The fourth-order valence-electron chi connectivity index (χ4n) is 3.57. The molecule has 0 fully saturated rings. The standard InChI is InChI=1S/C19H42N2S/c1-7-13-14-15-16-17-18-19(22-12-6,20(8-2)9-3)21(10-4)11-5/h7-18H2,1-6H3. The molecule has 0 aromatic heterocycles. The lowest BCUT2D eigenvalue weighted by molar-refractivity contribution is 0.0176. The average molecular weight is 331 g/mol. The molecule has 22 heavy (non-hydrogen) atoms. The molecule has 2 nitrogen and oxygen atoms in total. The summed E-state index contributed by atoms with van der Waals surface area (Å²) in [5, 5.41) is 0. The van der Waals surface area contributed by atoms with E-state index in [9.17, 15) is 0 Å². The molecule has 0 heterocycles. The predicted molar refractivity (Wildman–Crippen MR) is 105 cm³/mol. The van der Waals surface area contributed by atoms with Crippen molar-refractivity contribution in [1.29, 1.82) is 0 Å². The van der Waals surface area contributed by atoms with Gasteiger partial charge in [-0.2, -0.15) is 0 Å². The van der Waals surface area contributed by atoms with Crippen molar-refractivity contribution in [1.82, 2.24) is 9.80 Å². The van der Waals surface area contributed by atoms with Crippen LogP contribution in [0.25, 0.3) is 0 Å². The fraction of sp³-hybridized carbons (Fsp3) is 1.00. The van der Waals surface area contributed by atoms with Gasteiger partial charge in [-0.15, -0.1) is 11.8 Å². The normalized spacial score (nSPS) is 12.5. The zero-order valence-corrected chi connectivity index (χ0v) is 17.1. The Labute approximate surface area is 145 Å². The zero-order chi connectivity index (χ0) is 16.8. The molecular formula is C19H42N2S. The number of hydrogen-bond acceptors (Lipinski definition) is 3. The van der Waals surface area contributed by atoms with Gasteiger partial charge in [-0.1, -0.05) is 73.6 Å². The van der Waals surface area contributed by atoms with Crippen molar-refractivity contribution in [2.45, 2.75) is 91.5 Å². The Kier molecular flexibility index (Phi) is 13.9.